The van der Waals surface area contributed by atoms with Crippen LogP contribution < -0.4 is 15.0 Å². The molecule has 0 aromatic carbocycles. The van der Waals surface area contributed by atoms with Gasteiger partial charge in [-0.3, -0.25) is 9.78 Å². The highest BCUT2D eigenvalue weighted by atomic mass is 16.5. The third kappa shape index (κ3) is 3.81. The molecule has 1 aromatic heterocycles. The topological polar surface area (TPSA) is 70.6 Å². The van der Waals surface area contributed by atoms with Gasteiger partial charge >= 0.3 is 0 Å². The van der Waals surface area contributed by atoms with E-state index in [0.717, 1.165) is 19.5 Å². The van der Waals surface area contributed by atoms with Gasteiger partial charge in [0.2, 0.25) is 11.8 Å². The van der Waals surface area contributed by atoms with Crippen molar-refractivity contribution in [1.29, 1.82) is 0 Å². The zero-order valence-electron chi connectivity index (χ0n) is 12.9. The van der Waals surface area contributed by atoms with E-state index in [-0.39, 0.29) is 11.9 Å². The number of ether oxygens (including phenoxy) is 1. The first-order valence-electron chi connectivity index (χ1n) is 7.27. The molecule has 1 unspecified atom stereocenters. The summed E-state index contributed by atoms with van der Waals surface area (Å²) < 4.78 is 5.52. The van der Waals surface area contributed by atoms with E-state index in [9.17, 15) is 4.79 Å². The molecule has 1 amide bonds. The molecule has 116 valence electrons. The lowest BCUT2D eigenvalue weighted by atomic mass is 10.1. The number of hydrogen-bond acceptors (Lipinski definition) is 6. The van der Waals surface area contributed by atoms with Crippen LogP contribution in [0.25, 0.3) is 0 Å². The molecule has 21 heavy (non-hydrogen) atoms. The Hall–Kier alpha value is -1.89. The Labute approximate surface area is 125 Å². The van der Waals surface area contributed by atoms with Crippen molar-refractivity contribution in [2.45, 2.75) is 19.4 Å². The highest BCUT2D eigenvalue weighted by molar-refractivity contribution is 5.85. The van der Waals surface area contributed by atoms with E-state index in [0.29, 0.717) is 24.8 Å². The molecular formula is C14H23N5O2. The number of carbonyl (C=O) groups excluding carboxylic acids is 1. The van der Waals surface area contributed by atoms with Crippen molar-refractivity contribution in [2.75, 3.05) is 45.2 Å². The average Bonchev–Trinajstić information content (AvgIpc) is 2.52. The molecule has 2 heterocycles. The van der Waals surface area contributed by atoms with Gasteiger partial charge in [-0.05, 0) is 6.42 Å². The second kappa shape index (κ2) is 7.21. The van der Waals surface area contributed by atoms with E-state index in [1.54, 1.807) is 31.4 Å². The number of carbonyl (C=O) groups is 1. The molecule has 1 aromatic rings. The Morgan fingerprint density at radius 2 is 2.33 bits per heavy atom. The molecule has 1 saturated heterocycles. The number of hydrogen-bond donors (Lipinski definition) is 1. The van der Waals surface area contributed by atoms with Crippen LogP contribution in [0.5, 0.6) is 5.88 Å². The normalized spacial score (nSPS) is 18.4. The zero-order chi connectivity index (χ0) is 15.2. The van der Waals surface area contributed by atoms with Gasteiger partial charge in [-0.15, -0.1) is 0 Å². The number of likely N-dealkylation sites (N-methyl/N-ethyl adjacent to an activating group) is 1. The van der Waals surface area contributed by atoms with Crippen LogP contribution in [0.2, 0.25) is 0 Å². The third-order valence-electron chi connectivity index (χ3n) is 3.32. The van der Waals surface area contributed by atoms with Gasteiger partial charge < -0.3 is 19.9 Å². The van der Waals surface area contributed by atoms with Crippen LogP contribution in [-0.4, -0.2) is 67.2 Å². The maximum Gasteiger partial charge on any atom is 0.246 e. The first-order valence-corrected chi connectivity index (χ1v) is 7.27. The average molecular weight is 293 g/mol. The molecule has 0 radical (unpaired) electrons. The lowest BCUT2D eigenvalue weighted by Crippen LogP contribution is -2.58. The Bertz CT molecular complexity index is 480. The summed E-state index contributed by atoms with van der Waals surface area (Å²) in [6.07, 6.45) is 4.20. The van der Waals surface area contributed by atoms with Crippen LogP contribution in [0.3, 0.4) is 0 Å². The lowest BCUT2D eigenvalue weighted by Gasteiger charge is -2.37. The van der Waals surface area contributed by atoms with Gasteiger partial charge in [-0.25, -0.2) is 0 Å². The molecule has 1 fully saturated rings. The standard InChI is InChI=1S/C14H23N5O2/c1-4-7-21-13-10-16-9-12(17-13)19-6-5-15-8-11(19)14(20)18(2)3/h9-11,15H,4-8H2,1-3H3. The third-order valence-corrected chi connectivity index (χ3v) is 3.32. The van der Waals surface area contributed by atoms with Crippen molar-refractivity contribution in [3.63, 3.8) is 0 Å². The second-order valence-corrected chi connectivity index (χ2v) is 5.21. The van der Waals surface area contributed by atoms with E-state index in [1.807, 2.05) is 11.8 Å². The highest BCUT2D eigenvalue weighted by Crippen LogP contribution is 2.18. The SMILES string of the molecule is CCCOc1cncc(N2CCNCC2C(=O)N(C)C)n1. The summed E-state index contributed by atoms with van der Waals surface area (Å²) in [5, 5.41) is 3.25. The van der Waals surface area contributed by atoms with Gasteiger partial charge in [0.1, 0.15) is 6.04 Å². The minimum absolute atomic E-state index is 0.0591. The minimum atomic E-state index is -0.260. The molecule has 0 aliphatic carbocycles. The lowest BCUT2D eigenvalue weighted by molar-refractivity contribution is -0.130. The maximum absolute atomic E-state index is 12.3. The predicted molar refractivity (Wildman–Crippen MR) is 80.5 cm³/mol. The van der Waals surface area contributed by atoms with Gasteiger partial charge in [0.25, 0.3) is 0 Å². The van der Waals surface area contributed by atoms with E-state index in [4.69, 9.17) is 4.74 Å². The molecule has 7 heteroatoms. The van der Waals surface area contributed by atoms with E-state index in [1.165, 1.54) is 0 Å². The van der Waals surface area contributed by atoms with E-state index in [2.05, 4.69) is 15.3 Å². The monoisotopic (exact) mass is 293 g/mol. The summed E-state index contributed by atoms with van der Waals surface area (Å²) >= 11 is 0. The smallest absolute Gasteiger partial charge is 0.246 e. The molecule has 0 saturated carbocycles. The summed E-state index contributed by atoms with van der Waals surface area (Å²) in [6.45, 7) is 4.80. The van der Waals surface area contributed by atoms with Gasteiger partial charge in [-0.1, -0.05) is 6.92 Å². The molecule has 0 spiro atoms. The highest BCUT2D eigenvalue weighted by Gasteiger charge is 2.31. The summed E-state index contributed by atoms with van der Waals surface area (Å²) in [6, 6.07) is -0.260. The molecule has 1 atom stereocenters. The number of nitrogens with one attached hydrogen (secondary N) is 1. The van der Waals surface area contributed by atoms with Crippen molar-refractivity contribution in [3.05, 3.63) is 12.4 Å². The Morgan fingerprint density at radius 3 is 3.05 bits per heavy atom. The van der Waals surface area contributed by atoms with Gasteiger partial charge in [0, 0.05) is 33.7 Å². The fraction of sp³-hybridized carbons (Fsp3) is 0.643. The quantitative estimate of drug-likeness (QED) is 0.832. The van der Waals surface area contributed by atoms with Crippen LogP contribution in [0.4, 0.5) is 5.82 Å². The number of rotatable bonds is 5. The van der Waals surface area contributed by atoms with Crippen molar-refractivity contribution in [3.8, 4) is 5.88 Å². The van der Waals surface area contributed by atoms with Crippen LogP contribution in [0.1, 0.15) is 13.3 Å². The van der Waals surface area contributed by atoms with Gasteiger partial charge in [-0.2, -0.15) is 4.98 Å². The number of aromatic nitrogens is 2. The number of anilines is 1. The van der Waals surface area contributed by atoms with Crippen molar-refractivity contribution in [1.82, 2.24) is 20.2 Å². The van der Waals surface area contributed by atoms with Crippen LogP contribution in [0, 0.1) is 0 Å². The molecule has 1 aliphatic heterocycles. The number of nitrogens with zero attached hydrogens (tertiary/aromatic N) is 4. The number of amides is 1. The van der Waals surface area contributed by atoms with Crippen LogP contribution in [0.15, 0.2) is 12.4 Å². The fourth-order valence-electron chi connectivity index (χ4n) is 2.25. The largest absolute Gasteiger partial charge is 0.477 e. The Kier molecular flexibility index (Phi) is 5.32. The molecule has 1 aliphatic rings. The first-order chi connectivity index (χ1) is 10.1. The van der Waals surface area contributed by atoms with Gasteiger partial charge in [0.15, 0.2) is 5.82 Å². The van der Waals surface area contributed by atoms with E-state index < -0.39 is 0 Å². The minimum Gasteiger partial charge on any atom is -0.477 e. The maximum atomic E-state index is 12.3. The summed E-state index contributed by atoms with van der Waals surface area (Å²) in [4.78, 5) is 24.5. The molecule has 1 N–H and O–H groups in total. The van der Waals surface area contributed by atoms with Crippen molar-refractivity contribution >= 4 is 11.7 Å². The van der Waals surface area contributed by atoms with E-state index >= 15 is 0 Å². The van der Waals surface area contributed by atoms with Gasteiger partial charge in [0.05, 0.1) is 19.0 Å². The Balaban J connectivity index is 2.18. The second-order valence-electron chi connectivity index (χ2n) is 5.21. The van der Waals surface area contributed by atoms with Crippen molar-refractivity contribution < 1.29 is 9.53 Å². The Morgan fingerprint density at radius 1 is 1.52 bits per heavy atom. The fourth-order valence-corrected chi connectivity index (χ4v) is 2.25. The summed E-state index contributed by atoms with van der Waals surface area (Å²) in [7, 11) is 3.53. The summed E-state index contributed by atoms with van der Waals surface area (Å²) in [5.41, 5.74) is 0. The van der Waals surface area contributed by atoms with Crippen LogP contribution in [-0.2, 0) is 4.79 Å². The number of piperazine rings is 1. The molecule has 0 bridgehead atoms. The van der Waals surface area contributed by atoms with Crippen molar-refractivity contribution in [2.24, 2.45) is 0 Å². The molecular weight excluding hydrogens is 270 g/mol. The van der Waals surface area contributed by atoms with Crippen LogP contribution >= 0.6 is 0 Å². The molecule has 7 nitrogen and oxygen atoms in total. The molecule has 2 rings (SSSR count). The first kappa shape index (κ1) is 15.5. The summed E-state index contributed by atoms with van der Waals surface area (Å²) in [5.74, 6) is 1.25. The zero-order valence-corrected chi connectivity index (χ0v) is 12.9. The predicted octanol–water partition coefficient (Wildman–Crippen LogP) is 0.132.